The molecule has 2 aromatic heterocycles. The zero-order valence-corrected chi connectivity index (χ0v) is 20.5. The lowest BCUT2D eigenvalue weighted by molar-refractivity contribution is -0.137. The summed E-state index contributed by atoms with van der Waals surface area (Å²) in [4.78, 5) is 18.6. The molecule has 1 fully saturated rings. The second-order valence-corrected chi connectivity index (χ2v) is 9.24. The monoisotopic (exact) mass is 536 g/mol. The number of pyridine rings is 1. The highest BCUT2D eigenvalue weighted by Gasteiger charge is 2.32. The molecule has 1 saturated heterocycles. The fourth-order valence-corrected chi connectivity index (χ4v) is 4.61. The second-order valence-electron chi connectivity index (χ2n) is 8.83. The van der Waals surface area contributed by atoms with Gasteiger partial charge >= 0.3 is 6.18 Å². The molecule has 2 aliphatic heterocycles. The first kappa shape index (κ1) is 25.3. The molecule has 1 atom stereocenters. The minimum Gasteiger partial charge on any atom is -0.487 e. The Balaban J connectivity index is 1.48. The minimum atomic E-state index is -4.57. The number of carbonyl (C=O) groups excluding carboxylic acids is 1. The Morgan fingerprint density at radius 1 is 1.24 bits per heavy atom. The lowest BCUT2D eigenvalue weighted by Gasteiger charge is -2.21. The third kappa shape index (κ3) is 5.83. The molecule has 0 radical (unpaired) electrons. The van der Waals surface area contributed by atoms with E-state index in [2.05, 4.69) is 10.1 Å². The molecule has 1 unspecified atom stereocenters. The molecule has 2 aliphatic rings. The van der Waals surface area contributed by atoms with Gasteiger partial charge in [-0.25, -0.2) is 0 Å². The van der Waals surface area contributed by atoms with Crippen molar-refractivity contribution in [3.8, 4) is 22.8 Å². The molecule has 1 amide bonds. The molecule has 0 N–H and O–H groups in total. The van der Waals surface area contributed by atoms with Crippen molar-refractivity contribution in [1.29, 1.82) is 0 Å². The number of nitrogens with zero attached hydrogens (tertiary/aromatic N) is 4. The molecular formula is C25H24ClF3N4O4. The van der Waals surface area contributed by atoms with E-state index in [0.717, 1.165) is 25.1 Å². The maximum absolute atomic E-state index is 13.1. The fourth-order valence-electron chi connectivity index (χ4n) is 4.34. The number of rotatable bonds is 6. The summed E-state index contributed by atoms with van der Waals surface area (Å²) >= 11 is 6.25. The summed E-state index contributed by atoms with van der Waals surface area (Å²) in [7, 11) is 0. The standard InChI is InChI=1S/C25H24ClF3N4O4/c26-20-11-18(25(27,28)29)12-30-23(20)16-9-17-13-32(22(34)14-33-5-2-4-31-33)6-8-36-24(17)21(10-16)37-15-19-3-1-7-35-19/h2,4-5,9-12,19H,1,3,6-8,13-15H2. The summed E-state index contributed by atoms with van der Waals surface area (Å²) in [6.07, 6.45) is 1.22. The molecule has 12 heteroatoms. The van der Waals surface area contributed by atoms with Crippen LogP contribution in [0, 0.1) is 0 Å². The highest BCUT2D eigenvalue weighted by molar-refractivity contribution is 6.33. The second kappa shape index (κ2) is 10.6. The van der Waals surface area contributed by atoms with Crippen LogP contribution in [0.3, 0.4) is 0 Å². The quantitative estimate of drug-likeness (QED) is 0.458. The maximum Gasteiger partial charge on any atom is 0.417 e. The number of aromatic nitrogens is 3. The van der Waals surface area contributed by atoms with E-state index in [1.165, 1.54) is 4.68 Å². The molecule has 0 spiro atoms. The Kier molecular flexibility index (Phi) is 7.25. The van der Waals surface area contributed by atoms with Crippen molar-refractivity contribution in [3.05, 3.63) is 59.0 Å². The summed E-state index contributed by atoms with van der Waals surface area (Å²) in [5.41, 5.74) is 0.302. The van der Waals surface area contributed by atoms with E-state index in [1.807, 2.05) is 0 Å². The zero-order chi connectivity index (χ0) is 26.0. The van der Waals surface area contributed by atoms with Crippen molar-refractivity contribution in [3.63, 3.8) is 0 Å². The van der Waals surface area contributed by atoms with Crippen LogP contribution in [0.15, 0.2) is 42.9 Å². The van der Waals surface area contributed by atoms with E-state index < -0.39 is 11.7 Å². The van der Waals surface area contributed by atoms with Crippen LogP contribution in [0.4, 0.5) is 13.2 Å². The van der Waals surface area contributed by atoms with Gasteiger partial charge in [0.1, 0.15) is 19.8 Å². The van der Waals surface area contributed by atoms with Gasteiger partial charge in [-0.3, -0.25) is 14.5 Å². The van der Waals surface area contributed by atoms with Gasteiger partial charge in [-0.05, 0) is 37.1 Å². The van der Waals surface area contributed by atoms with Gasteiger partial charge in [0.2, 0.25) is 5.91 Å². The lowest BCUT2D eigenvalue weighted by atomic mass is 10.0. The van der Waals surface area contributed by atoms with Crippen molar-refractivity contribution < 1.29 is 32.2 Å². The van der Waals surface area contributed by atoms with Crippen molar-refractivity contribution >= 4 is 17.5 Å². The van der Waals surface area contributed by atoms with E-state index in [-0.39, 0.29) is 49.0 Å². The summed E-state index contributed by atoms with van der Waals surface area (Å²) in [6.45, 7) is 1.81. The molecule has 37 heavy (non-hydrogen) atoms. The zero-order valence-electron chi connectivity index (χ0n) is 19.7. The van der Waals surface area contributed by atoms with Crippen LogP contribution in [-0.2, 0) is 28.8 Å². The van der Waals surface area contributed by atoms with Crippen molar-refractivity contribution in [2.45, 2.75) is 38.2 Å². The molecule has 196 valence electrons. The van der Waals surface area contributed by atoms with Crippen LogP contribution in [0.5, 0.6) is 11.5 Å². The van der Waals surface area contributed by atoms with Crippen molar-refractivity contribution in [2.75, 3.05) is 26.4 Å². The smallest absolute Gasteiger partial charge is 0.417 e. The van der Waals surface area contributed by atoms with E-state index in [1.54, 1.807) is 35.5 Å². The van der Waals surface area contributed by atoms with E-state index in [4.69, 9.17) is 25.8 Å². The first-order chi connectivity index (χ1) is 17.8. The number of benzene rings is 1. The average Bonchev–Trinajstić information content (AvgIpc) is 3.52. The number of carbonyl (C=O) groups is 1. The van der Waals surface area contributed by atoms with E-state index >= 15 is 0 Å². The third-order valence-corrected chi connectivity index (χ3v) is 6.49. The Morgan fingerprint density at radius 3 is 2.81 bits per heavy atom. The van der Waals surface area contributed by atoms with Crippen LogP contribution < -0.4 is 9.47 Å². The molecule has 1 aromatic carbocycles. The summed E-state index contributed by atoms with van der Waals surface area (Å²) in [5, 5.41) is 3.93. The Hall–Kier alpha value is -3.31. The molecule has 8 nitrogen and oxygen atoms in total. The molecule has 0 saturated carbocycles. The topological polar surface area (TPSA) is 78.7 Å². The van der Waals surface area contributed by atoms with Crippen LogP contribution in [0.25, 0.3) is 11.3 Å². The molecule has 0 aliphatic carbocycles. The predicted molar refractivity (Wildman–Crippen MR) is 127 cm³/mol. The van der Waals surface area contributed by atoms with Crippen molar-refractivity contribution in [2.24, 2.45) is 0 Å². The average molecular weight is 537 g/mol. The first-order valence-corrected chi connectivity index (χ1v) is 12.2. The van der Waals surface area contributed by atoms with Gasteiger partial charge in [-0.15, -0.1) is 0 Å². The SMILES string of the molecule is O=C(Cn1cccn1)N1CCOc2c(cc(-c3ncc(C(F)(F)F)cc3Cl)cc2OCC2CCCO2)C1. The summed E-state index contributed by atoms with van der Waals surface area (Å²) in [6, 6.07) is 5.95. The van der Waals surface area contributed by atoms with Crippen molar-refractivity contribution in [1.82, 2.24) is 19.7 Å². The summed E-state index contributed by atoms with van der Waals surface area (Å²) < 4.78 is 58.7. The Labute approximate surface area is 215 Å². The van der Waals surface area contributed by atoms with E-state index in [9.17, 15) is 18.0 Å². The van der Waals surface area contributed by atoms with E-state index in [0.29, 0.717) is 35.8 Å². The Morgan fingerprint density at radius 2 is 2.11 bits per heavy atom. The normalized spacial score (nSPS) is 17.7. The van der Waals surface area contributed by atoms with Gasteiger partial charge in [0.25, 0.3) is 0 Å². The van der Waals surface area contributed by atoms with Gasteiger partial charge in [0, 0.05) is 42.9 Å². The minimum absolute atomic E-state index is 0.0648. The molecular weight excluding hydrogens is 513 g/mol. The van der Waals surface area contributed by atoms with Gasteiger partial charge in [0.15, 0.2) is 11.5 Å². The van der Waals surface area contributed by atoms with Gasteiger partial charge in [0.05, 0.1) is 28.9 Å². The summed E-state index contributed by atoms with van der Waals surface area (Å²) in [5.74, 6) is 0.708. The van der Waals surface area contributed by atoms with Gasteiger partial charge in [-0.1, -0.05) is 11.6 Å². The lowest BCUT2D eigenvalue weighted by Crippen LogP contribution is -2.35. The van der Waals surface area contributed by atoms with Crippen LogP contribution in [-0.4, -0.2) is 58.0 Å². The van der Waals surface area contributed by atoms with Gasteiger partial charge in [-0.2, -0.15) is 18.3 Å². The highest BCUT2D eigenvalue weighted by atomic mass is 35.5. The first-order valence-electron chi connectivity index (χ1n) is 11.8. The molecule has 0 bridgehead atoms. The number of hydrogen-bond donors (Lipinski definition) is 0. The number of halogens is 4. The predicted octanol–water partition coefficient (Wildman–Crippen LogP) is 4.60. The fraction of sp³-hybridized carbons (Fsp3) is 0.400. The van der Waals surface area contributed by atoms with Crippen LogP contribution >= 0.6 is 11.6 Å². The third-order valence-electron chi connectivity index (χ3n) is 6.20. The Bertz CT molecular complexity index is 1260. The highest BCUT2D eigenvalue weighted by Crippen LogP contribution is 2.41. The molecule has 5 rings (SSSR count). The number of ether oxygens (including phenoxy) is 3. The maximum atomic E-state index is 13.1. The number of hydrogen-bond acceptors (Lipinski definition) is 6. The molecule has 4 heterocycles. The van der Waals surface area contributed by atoms with Crippen LogP contribution in [0.2, 0.25) is 5.02 Å². The number of amides is 1. The van der Waals surface area contributed by atoms with Gasteiger partial charge < -0.3 is 19.1 Å². The number of fused-ring (bicyclic) bond motifs is 1. The van der Waals surface area contributed by atoms with Crippen LogP contribution in [0.1, 0.15) is 24.0 Å². The molecule has 3 aromatic rings. The number of alkyl halides is 3. The largest absolute Gasteiger partial charge is 0.487 e.